The Kier molecular flexibility index (Phi) is 4.51. The average molecular weight is 318 g/mol. The first-order chi connectivity index (χ1) is 10.1. The highest BCUT2D eigenvalue weighted by Crippen LogP contribution is 2.41. The molecule has 0 aliphatic carbocycles. The Morgan fingerprint density at radius 1 is 1.45 bits per heavy atom. The molecule has 1 atom stereocenters. The van der Waals surface area contributed by atoms with E-state index in [0.717, 1.165) is 13.8 Å². The Morgan fingerprint density at radius 2 is 2.14 bits per heavy atom. The summed E-state index contributed by atoms with van der Waals surface area (Å²) in [5.41, 5.74) is -2.04. The van der Waals surface area contributed by atoms with Crippen LogP contribution in [-0.4, -0.2) is 46.2 Å². The van der Waals surface area contributed by atoms with Gasteiger partial charge in [-0.25, -0.2) is 4.98 Å². The molecule has 2 rings (SSSR count). The fourth-order valence-corrected chi connectivity index (χ4v) is 2.51. The third-order valence-corrected chi connectivity index (χ3v) is 4.08. The van der Waals surface area contributed by atoms with Crippen molar-refractivity contribution in [1.29, 1.82) is 0 Å². The maximum absolute atomic E-state index is 13.0. The van der Waals surface area contributed by atoms with Crippen LogP contribution in [0.2, 0.25) is 0 Å². The Balaban J connectivity index is 2.18. The third kappa shape index (κ3) is 3.26. The molecule has 0 aromatic carbocycles. The molecule has 22 heavy (non-hydrogen) atoms. The molecule has 0 radical (unpaired) electrons. The van der Waals surface area contributed by atoms with Crippen LogP contribution in [0.5, 0.6) is 0 Å². The third-order valence-electron chi connectivity index (χ3n) is 4.08. The number of aromatic nitrogens is 2. The van der Waals surface area contributed by atoms with Gasteiger partial charge < -0.3 is 14.8 Å². The topological polar surface area (TPSA) is 50.2 Å². The zero-order chi connectivity index (χ0) is 16.5. The maximum Gasteiger partial charge on any atom is 0.394 e. The number of carbonyl (C=O) groups is 1. The van der Waals surface area contributed by atoms with E-state index in [2.05, 4.69) is 10.3 Å². The van der Waals surface area contributed by atoms with E-state index in [1.165, 1.54) is 4.90 Å². The minimum Gasteiger partial charge on any atom is -0.336 e. The fraction of sp³-hybridized carbons (Fsp3) is 0.714. The molecule has 0 saturated carbocycles. The van der Waals surface area contributed by atoms with E-state index >= 15 is 0 Å². The summed E-state index contributed by atoms with van der Waals surface area (Å²) in [6.45, 7) is 3.55. The largest absolute Gasteiger partial charge is 0.394 e. The molecule has 8 heteroatoms. The van der Waals surface area contributed by atoms with Crippen molar-refractivity contribution < 1.29 is 18.0 Å². The van der Waals surface area contributed by atoms with Gasteiger partial charge in [-0.05, 0) is 0 Å². The van der Waals surface area contributed by atoms with E-state index in [1.54, 1.807) is 24.0 Å². The molecule has 1 N–H and O–H groups in total. The highest BCUT2D eigenvalue weighted by molar-refractivity contribution is 5.77. The smallest absolute Gasteiger partial charge is 0.336 e. The number of rotatable bonds is 3. The van der Waals surface area contributed by atoms with Gasteiger partial charge in [0.2, 0.25) is 5.91 Å². The lowest BCUT2D eigenvalue weighted by molar-refractivity contribution is -0.215. The number of carbonyl (C=O) groups excluding carboxylic acids is 1. The van der Waals surface area contributed by atoms with Crippen LogP contribution in [-0.2, 0) is 11.8 Å². The van der Waals surface area contributed by atoms with E-state index in [0.29, 0.717) is 25.5 Å². The van der Waals surface area contributed by atoms with Gasteiger partial charge in [0.05, 0.1) is 5.41 Å². The molecule has 124 valence electrons. The van der Waals surface area contributed by atoms with Gasteiger partial charge >= 0.3 is 6.18 Å². The second-order valence-electron chi connectivity index (χ2n) is 6.26. The van der Waals surface area contributed by atoms with Crippen LogP contribution in [0.25, 0.3) is 0 Å². The standard InChI is InChI=1S/C14H21F3N4O/c1-13(2,14(15,16)17)8-11(22)21-7-4-18-9-10(21)12-19-5-6-20(12)3/h5-6,10,18H,4,7-9H2,1-3H3. The van der Waals surface area contributed by atoms with Gasteiger partial charge in [0.15, 0.2) is 0 Å². The summed E-state index contributed by atoms with van der Waals surface area (Å²) in [5, 5.41) is 3.16. The van der Waals surface area contributed by atoms with Crippen molar-refractivity contribution >= 4 is 5.91 Å². The number of hydrogen-bond acceptors (Lipinski definition) is 3. The second-order valence-corrected chi connectivity index (χ2v) is 6.26. The molecule has 1 fully saturated rings. The van der Waals surface area contributed by atoms with Crippen LogP contribution in [0, 0.1) is 5.41 Å². The zero-order valence-corrected chi connectivity index (χ0v) is 12.9. The summed E-state index contributed by atoms with van der Waals surface area (Å²) < 4.78 is 40.8. The van der Waals surface area contributed by atoms with Crippen LogP contribution in [0.1, 0.15) is 32.1 Å². The minimum atomic E-state index is -4.41. The van der Waals surface area contributed by atoms with Crippen LogP contribution in [0.15, 0.2) is 12.4 Å². The number of alkyl halides is 3. The molecule has 2 heterocycles. The number of nitrogens with zero attached hydrogens (tertiary/aromatic N) is 3. The monoisotopic (exact) mass is 318 g/mol. The van der Waals surface area contributed by atoms with E-state index in [1.807, 2.05) is 0 Å². The van der Waals surface area contributed by atoms with E-state index in [4.69, 9.17) is 0 Å². The van der Waals surface area contributed by atoms with Gasteiger partial charge in [0.1, 0.15) is 11.9 Å². The average Bonchev–Trinajstić information content (AvgIpc) is 2.83. The van der Waals surface area contributed by atoms with Crippen LogP contribution in [0.4, 0.5) is 13.2 Å². The molecule has 0 spiro atoms. The second kappa shape index (κ2) is 5.91. The molecular weight excluding hydrogens is 297 g/mol. The van der Waals surface area contributed by atoms with Crippen LogP contribution in [0.3, 0.4) is 0 Å². The van der Waals surface area contributed by atoms with Crippen molar-refractivity contribution in [3.8, 4) is 0 Å². The molecule has 1 aromatic rings. The van der Waals surface area contributed by atoms with Crippen molar-refractivity contribution in [1.82, 2.24) is 19.8 Å². The minimum absolute atomic E-state index is 0.342. The summed E-state index contributed by atoms with van der Waals surface area (Å²) in [4.78, 5) is 18.2. The van der Waals surface area contributed by atoms with E-state index in [-0.39, 0.29) is 6.04 Å². The number of halogens is 3. The number of nitrogens with one attached hydrogen (secondary N) is 1. The first kappa shape index (κ1) is 16.8. The van der Waals surface area contributed by atoms with Gasteiger partial charge in [-0.3, -0.25) is 4.79 Å². The predicted octanol–water partition coefficient (Wildman–Crippen LogP) is 1.87. The Labute approximate surface area is 127 Å². The molecule has 1 aliphatic heterocycles. The molecule has 5 nitrogen and oxygen atoms in total. The van der Waals surface area contributed by atoms with Crippen molar-refractivity contribution in [2.75, 3.05) is 19.6 Å². The molecule has 1 aliphatic rings. The van der Waals surface area contributed by atoms with Gasteiger partial charge in [0.25, 0.3) is 0 Å². The van der Waals surface area contributed by atoms with E-state index in [9.17, 15) is 18.0 Å². The lowest BCUT2D eigenvalue weighted by atomic mass is 9.87. The highest BCUT2D eigenvalue weighted by atomic mass is 19.4. The highest BCUT2D eigenvalue weighted by Gasteiger charge is 2.49. The molecule has 1 amide bonds. The Morgan fingerprint density at radius 3 is 2.68 bits per heavy atom. The van der Waals surface area contributed by atoms with Crippen LogP contribution < -0.4 is 5.32 Å². The first-order valence-electron chi connectivity index (χ1n) is 7.17. The number of piperazine rings is 1. The van der Waals surface area contributed by atoms with Crippen LogP contribution >= 0.6 is 0 Å². The number of amides is 1. The molecule has 1 saturated heterocycles. The quantitative estimate of drug-likeness (QED) is 0.926. The molecule has 1 unspecified atom stereocenters. The summed E-state index contributed by atoms with van der Waals surface area (Å²) in [5.74, 6) is 0.183. The normalized spacial score (nSPS) is 20.3. The Bertz CT molecular complexity index is 538. The van der Waals surface area contributed by atoms with Gasteiger partial charge in [-0.2, -0.15) is 13.2 Å². The number of hydrogen-bond donors (Lipinski definition) is 1. The molecule has 0 bridgehead atoms. The van der Waals surface area contributed by atoms with Gasteiger partial charge in [0, 0.05) is 45.5 Å². The number of aryl methyl sites for hydroxylation is 1. The van der Waals surface area contributed by atoms with Crippen molar-refractivity contribution in [3.63, 3.8) is 0 Å². The van der Waals surface area contributed by atoms with Gasteiger partial charge in [-0.15, -0.1) is 0 Å². The number of imidazole rings is 1. The summed E-state index contributed by atoms with van der Waals surface area (Å²) in [6, 6.07) is -0.342. The van der Waals surface area contributed by atoms with Crippen molar-refractivity contribution in [3.05, 3.63) is 18.2 Å². The fourth-order valence-electron chi connectivity index (χ4n) is 2.51. The Hall–Kier alpha value is -1.57. The van der Waals surface area contributed by atoms with Crippen molar-refractivity contribution in [2.45, 2.75) is 32.5 Å². The summed E-state index contributed by atoms with van der Waals surface area (Å²) in [7, 11) is 1.80. The van der Waals surface area contributed by atoms with Gasteiger partial charge in [-0.1, -0.05) is 13.8 Å². The molecular formula is C14H21F3N4O. The predicted molar refractivity (Wildman–Crippen MR) is 75.0 cm³/mol. The summed E-state index contributed by atoms with van der Waals surface area (Å²) in [6.07, 6.45) is -1.59. The SMILES string of the molecule is Cn1ccnc1C1CNCCN1C(=O)CC(C)(C)C(F)(F)F. The lowest BCUT2D eigenvalue weighted by Gasteiger charge is -2.38. The lowest BCUT2D eigenvalue weighted by Crippen LogP contribution is -2.51. The van der Waals surface area contributed by atoms with E-state index < -0.39 is 23.9 Å². The molecule has 1 aromatic heterocycles. The van der Waals surface area contributed by atoms with Crippen molar-refractivity contribution in [2.24, 2.45) is 12.5 Å². The zero-order valence-electron chi connectivity index (χ0n) is 12.9. The first-order valence-corrected chi connectivity index (χ1v) is 7.17. The maximum atomic E-state index is 13.0. The summed E-state index contributed by atoms with van der Waals surface area (Å²) >= 11 is 0.